The molecule has 0 amide bonds. The molecule has 0 saturated carbocycles. The molecule has 6 heteroatoms. The molecule has 0 aliphatic heterocycles. The summed E-state index contributed by atoms with van der Waals surface area (Å²) in [5.74, 6) is -2.51. The third-order valence-corrected chi connectivity index (χ3v) is 0.478. The van der Waals surface area contributed by atoms with Gasteiger partial charge >= 0.3 is 5.97 Å². The Morgan fingerprint density at radius 3 is 1.67 bits per heavy atom. The molecule has 0 heterocycles. The zero-order chi connectivity index (χ0) is 5.91. The highest BCUT2D eigenvalue weighted by atomic mass is 16.7. The second kappa shape index (κ2) is 5.89. The van der Waals surface area contributed by atoms with Crippen molar-refractivity contribution in [1.82, 2.24) is 0 Å². The Hall–Kier alpha value is -0.240. The zero-order valence-corrected chi connectivity index (χ0v) is 5.07. The number of nitrogens with two attached hydrogens (primary N) is 1. The van der Waals surface area contributed by atoms with Crippen molar-refractivity contribution in [3.8, 4) is 0 Å². The van der Waals surface area contributed by atoms with Crippen LogP contribution in [0.2, 0.25) is 0 Å². The summed E-state index contributed by atoms with van der Waals surface area (Å²) >= 11 is 0. The molecule has 0 unspecified atom stereocenters. The van der Waals surface area contributed by atoms with Crippen LogP contribution in [-0.2, 0) is 0 Å². The number of aliphatic hydroxyl groups is 3. The lowest BCUT2D eigenvalue weighted by molar-refractivity contribution is -0.664. The first-order valence-corrected chi connectivity index (χ1v) is 2.01. The van der Waals surface area contributed by atoms with Crippen LogP contribution in [0.25, 0.3) is 0 Å². The van der Waals surface area contributed by atoms with E-state index in [-0.39, 0.29) is 17.5 Å². The maximum absolute atomic E-state index is 8.10. The van der Waals surface area contributed by atoms with Gasteiger partial charge in [-0.1, -0.05) is 0 Å². The largest absolute Gasteiger partial charge is 0.870 e. The van der Waals surface area contributed by atoms with Gasteiger partial charge in [-0.3, -0.25) is 0 Å². The van der Waals surface area contributed by atoms with Gasteiger partial charge in [-0.05, 0) is 0 Å². The Balaban J connectivity index is -0.000000180. The SMILES string of the molecule is C[NH2+]CC(O)(O)O.O.[OH-]. The maximum atomic E-state index is 8.10. The summed E-state index contributed by atoms with van der Waals surface area (Å²) in [6.45, 7) is -0.118. The average molecular weight is 143 g/mol. The molecule has 9 heavy (non-hydrogen) atoms. The van der Waals surface area contributed by atoms with Gasteiger partial charge in [0.25, 0.3) is 0 Å². The van der Waals surface area contributed by atoms with Gasteiger partial charge in [-0.25, -0.2) is 0 Å². The highest BCUT2D eigenvalue weighted by Gasteiger charge is 2.18. The molecule has 0 aromatic rings. The lowest BCUT2D eigenvalue weighted by Crippen LogP contribution is -2.84. The molecule has 0 saturated heterocycles. The van der Waals surface area contributed by atoms with Crippen molar-refractivity contribution in [3.05, 3.63) is 0 Å². The Morgan fingerprint density at radius 1 is 1.33 bits per heavy atom. The van der Waals surface area contributed by atoms with Crippen LogP contribution in [0, 0.1) is 0 Å². The van der Waals surface area contributed by atoms with Crippen molar-refractivity contribution in [2.75, 3.05) is 13.6 Å². The molecule has 0 radical (unpaired) electrons. The molecule has 0 spiro atoms. The van der Waals surface area contributed by atoms with Gasteiger partial charge in [0.15, 0.2) is 6.54 Å². The Labute approximate surface area is 52.4 Å². The predicted octanol–water partition coefficient (Wildman–Crippen LogP) is -4.19. The van der Waals surface area contributed by atoms with Crippen LogP contribution in [0.1, 0.15) is 0 Å². The van der Waals surface area contributed by atoms with E-state index in [1.807, 2.05) is 0 Å². The van der Waals surface area contributed by atoms with Crippen LogP contribution in [-0.4, -0.2) is 45.8 Å². The second-order valence-corrected chi connectivity index (χ2v) is 1.39. The summed E-state index contributed by atoms with van der Waals surface area (Å²) < 4.78 is 0. The van der Waals surface area contributed by atoms with Gasteiger partial charge in [-0.2, -0.15) is 0 Å². The van der Waals surface area contributed by atoms with Crippen LogP contribution in [0.15, 0.2) is 0 Å². The maximum Gasteiger partial charge on any atom is 0.327 e. The first-order valence-electron chi connectivity index (χ1n) is 2.01. The minimum Gasteiger partial charge on any atom is -0.870 e. The molecule has 0 aliphatic rings. The molecule has 8 N–H and O–H groups in total. The fraction of sp³-hybridized carbons (Fsp3) is 1.00. The average Bonchev–Trinajstić information content (AvgIpc) is 1.30. The minimum atomic E-state index is -2.51. The number of rotatable bonds is 2. The van der Waals surface area contributed by atoms with Crippen molar-refractivity contribution in [2.24, 2.45) is 0 Å². The van der Waals surface area contributed by atoms with E-state index in [4.69, 9.17) is 15.3 Å². The first kappa shape index (κ1) is 15.9. The smallest absolute Gasteiger partial charge is 0.327 e. The van der Waals surface area contributed by atoms with Crippen molar-refractivity contribution < 1.29 is 31.6 Å². The van der Waals surface area contributed by atoms with E-state index in [1.165, 1.54) is 5.32 Å². The molecular weight excluding hydrogens is 130 g/mol. The highest BCUT2D eigenvalue weighted by molar-refractivity contribution is 4.34. The van der Waals surface area contributed by atoms with Gasteiger partial charge < -0.3 is 31.6 Å². The predicted molar refractivity (Wildman–Crippen MR) is 27.7 cm³/mol. The van der Waals surface area contributed by atoms with E-state index < -0.39 is 5.97 Å². The standard InChI is InChI=1S/C3H9NO3.2H2O/c1-4-2-3(5,6)7;;/h4-7H,2H2,1H3;2*1H2. The number of hydrogen-bond acceptors (Lipinski definition) is 4. The molecule has 0 aromatic carbocycles. The number of quaternary nitrogens is 1. The summed E-state index contributed by atoms with van der Waals surface area (Å²) in [6, 6.07) is 0. The molecule has 60 valence electrons. The molecule has 0 fully saturated rings. The molecule has 0 aliphatic carbocycles. The summed E-state index contributed by atoms with van der Waals surface area (Å²) in [6.07, 6.45) is 0. The summed E-state index contributed by atoms with van der Waals surface area (Å²) in [4.78, 5) is 0. The van der Waals surface area contributed by atoms with Crippen molar-refractivity contribution in [3.63, 3.8) is 0 Å². The van der Waals surface area contributed by atoms with Crippen LogP contribution < -0.4 is 5.32 Å². The fourth-order valence-electron chi connectivity index (χ4n) is 0.274. The molecule has 0 bridgehead atoms. The van der Waals surface area contributed by atoms with Crippen molar-refractivity contribution in [1.29, 1.82) is 0 Å². The summed E-state index contributed by atoms with van der Waals surface area (Å²) in [5.41, 5.74) is 0. The van der Waals surface area contributed by atoms with E-state index in [2.05, 4.69) is 0 Å². The molecule has 6 nitrogen and oxygen atoms in total. The molecule has 0 aromatic heterocycles. The Kier molecular flexibility index (Phi) is 10.4. The van der Waals surface area contributed by atoms with Gasteiger partial charge in [-0.15, -0.1) is 0 Å². The molecule has 0 rings (SSSR count). The number of hydrogen-bond donors (Lipinski definition) is 4. The van der Waals surface area contributed by atoms with E-state index in [0.717, 1.165) is 0 Å². The van der Waals surface area contributed by atoms with E-state index >= 15 is 0 Å². The van der Waals surface area contributed by atoms with E-state index in [9.17, 15) is 0 Å². The topological polar surface area (TPSA) is 139 Å². The third kappa shape index (κ3) is 18.2. The van der Waals surface area contributed by atoms with Crippen molar-refractivity contribution in [2.45, 2.75) is 5.97 Å². The van der Waals surface area contributed by atoms with Crippen LogP contribution in [0.5, 0.6) is 0 Å². The van der Waals surface area contributed by atoms with Gasteiger partial charge in [0, 0.05) is 0 Å². The van der Waals surface area contributed by atoms with Crippen LogP contribution >= 0.6 is 0 Å². The van der Waals surface area contributed by atoms with Crippen molar-refractivity contribution >= 4 is 0 Å². The lowest BCUT2D eigenvalue weighted by atomic mass is 10.6. The normalized spacial score (nSPS) is 9.33. The van der Waals surface area contributed by atoms with Crippen LogP contribution in [0.3, 0.4) is 0 Å². The first-order chi connectivity index (χ1) is 3.06. The highest BCUT2D eigenvalue weighted by Crippen LogP contribution is 1.81. The Bertz CT molecular complexity index is 50.7. The van der Waals surface area contributed by atoms with E-state index in [1.54, 1.807) is 7.05 Å². The van der Waals surface area contributed by atoms with E-state index in [0.29, 0.717) is 0 Å². The van der Waals surface area contributed by atoms with Gasteiger partial charge in [0.2, 0.25) is 0 Å². The lowest BCUT2D eigenvalue weighted by Gasteiger charge is -2.08. The Morgan fingerprint density at radius 2 is 1.67 bits per heavy atom. The molecular formula is C3H13NO5. The summed E-state index contributed by atoms with van der Waals surface area (Å²) in [5, 5.41) is 25.8. The molecule has 0 atom stereocenters. The second-order valence-electron chi connectivity index (χ2n) is 1.39. The summed E-state index contributed by atoms with van der Waals surface area (Å²) in [7, 11) is 1.62. The zero-order valence-electron chi connectivity index (χ0n) is 5.07. The van der Waals surface area contributed by atoms with Gasteiger partial charge in [0.1, 0.15) is 0 Å². The minimum absolute atomic E-state index is 0. The quantitative estimate of drug-likeness (QED) is 0.291. The van der Waals surface area contributed by atoms with Gasteiger partial charge in [0.05, 0.1) is 7.05 Å². The van der Waals surface area contributed by atoms with Crippen LogP contribution in [0.4, 0.5) is 0 Å². The third-order valence-electron chi connectivity index (χ3n) is 0.478. The number of likely N-dealkylation sites (N-methyl/N-ethyl adjacent to an activating group) is 1. The monoisotopic (exact) mass is 143 g/mol. The fourth-order valence-corrected chi connectivity index (χ4v) is 0.274.